The van der Waals surface area contributed by atoms with Crippen LogP contribution in [-0.4, -0.2) is 24.5 Å². The first kappa shape index (κ1) is 18.8. The molecule has 0 radical (unpaired) electrons. The number of nitrogens with zero attached hydrogens (tertiary/aromatic N) is 2. The maximum absolute atomic E-state index is 11.8. The molecule has 0 fully saturated rings. The zero-order chi connectivity index (χ0) is 17.9. The fraction of sp³-hybridized carbons (Fsp3) is 0.167. The molecule has 0 unspecified atom stereocenters. The van der Waals surface area contributed by atoms with Gasteiger partial charge in [-0.3, -0.25) is 4.79 Å². The lowest BCUT2D eigenvalue weighted by atomic mass is 10.2. The summed E-state index contributed by atoms with van der Waals surface area (Å²) < 4.78 is 5.15. The number of nitriles is 1. The van der Waals surface area contributed by atoms with Crippen molar-refractivity contribution < 1.29 is 9.53 Å². The van der Waals surface area contributed by atoms with E-state index < -0.39 is 0 Å². The molecule has 2 rings (SSSR count). The van der Waals surface area contributed by atoms with Crippen LogP contribution in [0.4, 0.5) is 0 Å². The zero-order valence-electron chi connectivity index (χ0n) is 13.3. The zero-order valence-corrected chi connectivity index (χ0v) is 14.9. The summed E-state index contributed by atoms with van der Waals surface area (Å²) in [5.74, 6) is 1.39. The fourth-order valence-corrected chi connectivity index (χ4v) is 2.95. The summed E-state index contributed by atoms with van der Waals surface area (Å²) in [4.78, 5) is 11.8. The summed E-state index contributed by atoms with van der Waals surface area (Å²) in [7, 11) is 0. The summed E-state index contributed by atoms with van der Waals surface area (Å²) in [5.41, 5.74) is 4.30. The normalized spacial score (nSPS) is 10.4. The monoisotopic (exact) mass is 373 g/mol. The minimum atomic E-state index is -0.178. The van der Waals surface area contributed by atoms with Crippen molar-refractivity contribution in [3.8, 4) is 11.8 Å². The summed E-state index contributed by atoms with van der Waals surface area (Å²) in [6, 6.07) is 16.5. The predicted molar refractivity (Wildman–Crippen MR) is 101 cm³/mol. The van der Waals surface area contributed by atoms with Crippen LogP contribution >= 0.6 is 23.4 Å². The van der Waals surface area contributed by atoms with E-state index >= 15 is 0 Å². The third kappa shape index (κ3) is 6.87. The number of benzene rings is 2. The lowest BCUT2D eigenvalue weighted by Gasteiger charge is -2.03. The third-order valence-electron chi connectivity index (χ3n) is 3.03. The number of carbonyl (C=O) groups is 1. The van der Waals surface area contributed by atoms with Gasteiger partial charge in [0.1, 0.15) is 11.8 Å². The predicted octanol–water partition coefficient (Wildman–Crippen LogP) is 3.63. The van der Waals surface area contributed by atoms with E-state index in [2.05, 4.69) is 10.5 Å². The number of hydrogen-bond acceptors (Lipinski definition) is 5. The quantitative estimate of drug-likeness (QED) is 0.566. The molecule has 5 nitrogen and oxygen atoms in total. The molecule has 1 N–H and O–H groups in total. The van der Waals surface area contributed by atoms with Crippen molar-refractivity contribution >= 4 is 35.5 Å². The maximum atomic E-state index is 11.8. The van der Waals surface area contributed by atoms with Gasteiger partial charge in [0, 0.05) is 10.8 Å². The highest BCUT2D eigenvalue weighted by Crippen LogP contribution is 2.20. The van der Waals surface area contributed by atoms with Gasteiger partial charge in [0.2, 0.25) is 5.91 Å². The molecule has 1 amide bonds. The van der Waals surface area contributed by atoms with Gasteiger partial charge < -0.3 is 4.74 Å². The van der Waals surface area contributed by atoms with Gasteiger partial charge in [0.25, 0.3) is 0 Å². The molecule has 0 aliphatic carbocycles. The SMILES string of the molecule is N#CCOc1ccc(/C=N/NC(=O)CSCc2ccccc2Cl)cc1. The van der Waals surface area contributed by atoms with Gasteiger partial charge >= 0.3 is 0 Å². The van der Waals surface area contributed by atoms with Crippen LogP contribution in [0.15, 0.2) is 53.6 Å². The van der Waals surface area contributed by atoms with Crippen molar-refractivity contribution in [2.75, 3.05) is 12.4 Å². The molecule has 0 aromatic heterocycles. The number of nitrogens with one attached hydrogen (secondary N) is 1. The highest BCUT2D eigenvalue weighted by atomic mass is 35.5. The molecule has 0 heterocycles. The van der Waals surface area contributed by atoms with Crippen LogP contribution in [-0.2, 0) is 10.5 Å². The topological polar surface area (TPSA) is 74.5 Å². The highest BCUT2D eigenvalue weighted by molar-refractivity contribution is 7.99. The summed E-state index contributed by atoms with van der Waals surface area (Å²) in [6.45, 7) is 0.00928. The van der Waals surface area contributed by atoms with E-state index in [1.807, 2.05) is 30.3 Å². The molecular formula is C18H16ClN3O2S. The minimum absolute atomic E-state index is 0.00928. The number of carbonyl (C=O) groups excluding carboxylic acids is 1. The van der Waals surface area contributed by atoms with Gasteiger partial charge in [-0.15, -0.1) is 11.8 Å². The van der Waals surface area contributed by atoms with E-state index in [4.69, 9.17) is 21.6 Å². The van der Waals surface area contributed by atoms with Gasteiger partial charge in [-0.2, -0.15) is 10.4 Å². The average molecular weight is 374 g/mol. The molecule has 0 bridgehead atoms. The Bertz CT molecular complexity index is 773. The number of ether oxygens (including phenoxy) is 1. The number of halogens is 1. The smallest absolute Gasteiger partial charge is 0.250 e. The van der Waals surface area contributed by atoms with Gasteiger partial charge in [0.15, 0.2) is 6.61 Å². The van der Waals surface area contributed by atoms with Crippen LogP contribution < -0.4 is 10.2 Å². The van der Waals surface area contributed by atoms with Crippen molar-refractivity contribution in [3.63, 3.8) is 0 Å². The van der Waals surface area contributed by atoms with E-state index in [1.165, 1.54) is 11.8 Å². The Morgan fingerprint density at radius 3 is 2.76 bits per heavy atom. The van der Waals surface area contributed by atoms with Crippen molar-refractivity contribution in [2.24, 2.45) is 5.10 Å². The molecule has 25 heavy (non-hydrogen) atoms. The molecule has 0 saturated carbocycles. The van der Waals surface area contributed by atoms with Gasteiger partial charge in [-0.05, 0) is 41.5 Å². The Morgan fingerprint density at radius 2 is 2.04 bits per heavy atom. The summed E-state index contributed by atoms with van der Waals surface area (Å²) in [5, 5.41) is 13.1. The van der Waals surface area contributed by atoms with E-state index in [0.717, 1.165) is 11.1 Å². The van der Waals surface area contributed by atoms with Crippen molar-refractivity contribution in [1.29, 1.82) is 5.26 Å². The van der Waals surface area contributed by atoms with Crippen molar-refractivity contribution in [2.45, 2.75) is 5.75 Å². The van der Waals surface area contributed by atoms with Gasteiger partial charge in [-0.1, -0.05) is 29.8 Å². The molecule has 2 aromatic carbocycles. The summed E-state index contributed by atoms with van der Waals surface area (Å²) in [6.07, 6.45) is 1.55. The Labute approximate surface area is 155 Å². The standard InChI is InChI=1S/C18H16ClN3O2S/c19-17-4-2-1-3-15(17)12-25-13-18(23)22-21-11-14-5-7-16(8-6-14)24-10-9-20/h1-8,11H,10,12-13H2,(H,22,23)/b21-11+. The third-order valence-corrected chi connectivity index (χ3v) is 4.39. The second-order valence-electron chi connectivity index (χ2n) is 4.89. The largest absolute Gasteiger partial charge is 0.479 e. The van der Waals surface area contributed by atoms with Crippen LogP contribution in [0.3, 0.4) is 0 Å². The van der Waals surface area contributed by atoms with Crippen molar-refractivity contribution in [3.05, 3.63) is 64.7 Å². The second kappa shape index (κ2) is 10.4. The molecule has 0 aliphatic heterocycles. The maximum Gasteiger partial charge on any atom is 0.250 e. The van der Waals surface area contributed by atoms with E-state index in [0.29, 0.717) is 22.3 Å². The Balaban J connectivity index is 1.71. The second-order valence-corrected chi connectivity index (χ2v) is 6.29. The molecule has 128 valence electrons. The highest BCUT2D eigenvalue weighted by Gasteiger charge is 2.03. The van der Waals surface area contributed by atoms with Crippen LogP contribution in [0.25, 0.3) is 0 Å². The average Bonchev–Trinajstić information content (AvgIpc) is 2.63. The number of thioether (sulfide) groups is 1. The van der Waals surface area contributed by atoms with Crippen LogP contribution in [0.5, 0.6) is 5.75 Å². The molecule has 0 atom stereocenters. The van der Waals surface area contributed by atoms with Crippen LogP contribution in [0.1, 0.15) is 11.1 Å². The molecule has 0 aliphatic rings. The molecular weight excluding hydrogens is 358 g/mol. The lowest BCUT2D eigenvalue weighted by Crippen LogP contribution is -2.19. The minimum Gasteiger partial charge on any atom is -0.479 e. The van der Waals surface area contributed by atoms with E-state index in [-0.39, 0.29) is 12.5 Å². The Hall–Kier alpha value is -2.49. The van der Waals surface area contributed by atoms with Crippen LogP contribution in [0, 0.1) is 11.3 Å². The van der Waals surface area contributed by atoms with Crippen LogP contribution in [0.2, 0.25) is 5.02 Å². The van der Waals surface area contributed by atoms with E-state index in [1.54, 1.807) is 30.5 Å². The molecule has 2 aromatic rings. The first-order chi connectivity index (χ1) is 12.2. The summed E-state index contributed by atoms with van der Waals surface area (Å²) >= 11 is 7.54. The number of amides is 1. The first-order valence-corrected chi connectivity index (χ1v) is 8.95. The molecule has 7 heteroatoms. The Kier molecular flexibility index (Phi) is 7.83. The molecule has 0 spiro atoms. The Morgan fingerprint density at radius 1 is 1.28 bits per heavy atom. The first-order valence-electron chi connectivity index (χ1n) is 7.42. The van der Waals surface area contributed by atoms with Crippen molar-refractivity contribution in [1.82, 2.24) is 5.43 Å². The lowest BCUT2D eigenvalue weighted by molar-refractivity contribution is -0.118. The van der Waals surface area contributed by atoms with E-state index in [9.17, 15) is 4.79 Å². The van der Waals surface area contributed by atoms with Gasteiger partial charge in [-0.25, -0.2) is 5.43 Å². The molecule has 0 saturated heterocycles. The fourth-order valence-electron chi connectivity index (χ4n) is 1.85. The van der Waals surface area contributed by atoms with Gasteiger partial charge in [0.05, 0.1) is 12.0 Å². The number of rotatable bonds is 8. The number of hydrogen-bond donors (Lipinski definition) is 1. The number of hydrazone groups is 1.